The molecule has 0 bridgehead atoms. The van der Waals surface area contributed by atoms with E-state index < -0.39 is 26.0 Å². The number of halogens is 1. The highest BCUT2D eigenvalue weighted by atomic mass is 35.5. The van der Waals surface area contributed by atoms with Crippen LogP contribution in [0.1, 0.15) is 5.56 Å². The van der Waals surface area contributed by atoms with Crippen LogP contribution in [0.15, 0.2) is 57.2 Å². The molecule has 154 valence electrons. The molecular formula is C18H23ClN2O5S2. The number of alkyl halides is 1. The number of aryl methyl sites for hydroxylation is 1. The lowest BCUT2D eigenvalue weighted by molar-refractivity contribution is 0.211. The molecule has 0 radical (unpaired) electrons. The zero-order valence-corrected chi connectivity index (χ0v) is 18.1. The van der Waals surface area contributed by atoms with Gasteiger partial charge in [0.25, 0.3) is 0 Å². The van der Waals surface area contributed by atoms with Gasteiger partial charge in [0.15, 0.2) is 0 Å². The van der Waals surface area contributed by atoms with E-state index in [0.717, 1.165) is 9.87 Å². The zero-order chi connectivity index (χ0) is 21.1. The first kappa shape index (κ1) is 22.6. The Labute approximate surface area is 170 Å². The maximum absolute atomic E-state index is 13.1. The predicted octanol–water partition coefficient (Wildman–Crippen LogP) is 2.09. The van der Waals surface area contributed by atoms with Crippen LogP contribution in [-0.4, -0.2) is 58.9 Å². The normalized spacial score (nSPS) is 13.5. The molecule has 7 nitrogen and oxygen atoms in total. The summed E-state index contributed by atoms with van der Waals surface area (Å²) in [6, 6.07) is 10.1. The van der Waals surface area contributed by atoms with Gasteiger partial charge in [-0.2, -0.15) is 0 Å². The van der Waals surface area contributed by atoms with Crippen LogP contribution in [0.4, 0.5) is 5.69 Å². The fourth-order valence-electron chi connectivity index (χ4n) is 2.38. The van der Waals surface area contributed by atoms with Crippen LogP contribution in [0, 0.1) is 6.92 Å². The van der Waals surface area contributed by atoms with Crippen molar-refractivity contribution < 1.29 is 21.9 Å². The average molecular weight is 447 g/mol. The topological polar surface area (TPSA) is 104 Å². The van der Waals surface area contributed by atoms with Crippen molar-refractivity contribution in [3.63, 3.8) is 0 Å². The third-order valence-corrected chi connectivity index (χ3v) is 8.05. The highest BCUT2D eigenvalue weighted by Gasteiger charge is 2.25. The van der Waals surface area contributed by atoms with E-state index in [1.165, 1.54) is 44.4 Å². The van der Waals surface area contributed by atoms with Crippen molar-refractivity contribution in [3.8, 4) is 0 Å². The van der Waals surface area contributed by atoms with Gasteiger partial charge in [-0.05, 0) is 37.3 Å². The molecule has 1 unspecified atom stereocenters. The van der Waals surface area contributed by atoms with Crippen LogP contribution >= 0.6 is 11.6 Å². The Hall–Kier alpha value is -1.65. The summed E-state index contributed by atoms with van der Waals surface area (Å²) in [5.41, 5.74) is 0.989. The van der Waals surface area contributed by atoms with Crippen molar-refractivity contribution in [1.29, 1.82) is 0 Å². The van der Waals surface area contributed by atoms with Gasteiger partial charge in [-0.3, -0.25) is 0 Å². The van der Waals surface area contributed by atoms with Crippen molar-refractivity contribution >= 4 is 37.1 Å². The second-order valence-electron chi connectivity index (χ2n) is 6.45. The van der Waals surface area contributed by atoms with Gasteiger partial charge >= 0.3 is 0 Å². The summed E-state index contributed by atoms with van der Waals surface area (Å²) in [7, 11) is -4.90. The lowest BCUT2D eigenvalue weighted by Gasteiger charge is -2.17. The Balaban J connectivity index is 2.60. The van der Waals surface area contributed by atoms with Gasteiger partial charge in [-0.15, -0.1) is 11.6 Å². The number of benzene rings is 2. The summed E-state index contributed by atoms with van der Waals surface area (Å²) in [6.45, 7) is 1.81. The number of aliphatic hydroxyl groups is 1. The van der Waals surface area contributed by atoms with Gasteiger partial charge in [0.05, 0.1) is 32.4 Å². The summed E-state index contributed by atoms with van der Waals surface area (Å²) in [5, 5.41) is 12.5. The number of hydrogen-bond donors (Lipinski definition) is 2. The number of aliphatic hydroxyl groups excluding tert-OH is 1. The molecule has 0 aromatic heterocycles. The third kappa shape index (κ3) is 4.84. The summed E-state index contributed by atoms with van der Waals surface area (Å²) in [5.74, 6) is -0.0528. The monoisotopic (exact) mass is 446 g/mol. The Morgan fingerprint density at radius 1 is 1.04 bits per heavy atom. The van der Waals surface area contributed by atoms with Gasteiger partial charge in [-0.25, -0.2) is 21.1 Å². The fourth-order valence-corrected chi connectivity index (χ4v) is 4.83. The molecule has 0 aliphatic heterocycles. The number of sulfonamides is 1. The Morgan fingerprint density at radius 3 is 2.14 bits per heavy atom. The van der Waals surface area contributed by atoms with Crippen molar-refractivity contribution in [3.05, 3.63) is 48.0 Å². The molecule has 2 aromatic carbocycles. The molecule has 28 heavy (non-hydrogen) atoms. The van der Waals surface area contributed by atoms with Gasteiger partial charge in [-0.1, -0.05) is 17.7 Å². The molecule has 0 saturated heterocycles. The van der Waals surface area contributed by atoms with Crippen molar-refractivity contribution in [1.82, 2.24) is 4.31 Å². The Bertz CT molecular complexity index is 1040. The van der Waals surface area contributed by atoms with Gasteiger partial charge in [0, 0.05) is 20.6 Å². The van der Waals surface area contributed by atoms with Gasteiger partial charge in [0.1, 0.15) is 0 Å². The van der Waals surface area contributed by atoms with Crippen LogP contribution in [0.5, 0.6) is 0 Å². The van der Waals surface area contributed by atoms with Crippen LogP contribution in [0.25, 0.3) is 0 Å². The minimum atomic E-state index is -3.91. The van der Waals surface area contributed by atoms with Crippen molar-refractivity contribution in [2.45, 2.75) is 27.7 Å². The van der Waals surface area contributed by atoms with E-state index in [1.54, 1.807) is 12.1 Å². The van der Waals surface area contributed by atoms with Crippen LogP contribution in [0.3, 0.4) is 0 Å². The number of rotatable bonds is 8. The minimum absolute atomic E-state index is 0.0363. The highest BCUT2D eigenvalue weighted by Crippen LogP contribution is 2.31. The number of hydrogen-bond acceptors (Lipinski definition) is 6. The number of anilines is 1. The Morgan fingerprint density at radius 2 is 1.61 bits per heavy atom. The molecule has 0 saturated carbocycles. The first-order valence-corrected chi connectivity index (χ1v) is 11.8. The molecule has 0 aliphatic carbocycles. The lowest BCUT2D eigenvalue weighted by Crippen LogP contribution is -2.24. The minimum Gasteiger partial charge on any atom is -0.390 e. The molecule has 10 heteroatoms. The van der Waals surface area contributed by atoms with Crippen LogP contribution in [-0.2, 0) is 19.9 Å². The summed E-state index contributed by atoms with van der Waals surface area (Å²) < 4.78 is 52.1. The summed E-state index contributed by atoms with van der Waals surface area (Å²) >= 11 is 5.59. The lowest BCUT2D eigenvalue weighted by atomic mass is 10.2. The first-order chi connectivity index (χ1) is 13.0. The molecule has 2 rings (SSSR count). The molecule has 2 N–H and O–H groups in total. The summed E-state index contributed by atoms with van der Waals surface area (Å²) in [4.78, 5) is -0.0682. The maximum atomic E-state index is 13.1. The summed E-state index contributed by atoms with van der Waals surface area (Å²) in [6.07, 6.45) is -0.925. The number of nitrogens with zero attached hydrogens (tertiary/aromatic N) is 1. The van der Waals surface area contributed by atoms with E-state index in [9.17, 15) is 21.9 Å². The van der Waals surface area contributed by atoms with Crippen LogP contribution in [0.2, 0.25) is 0 Å². The fraction of sp³-hybridized carbons (Fsp3) is 0.333. The first-order valence-electron chi connectivity index (χ1n) is 8.36. The maximum Gasteiger partial charge on any atom is 0.242 e. The van der Waals surface area contributed by atoms with Crippen molar-refractivity contribution in [2.75, 3.05) is 31.8 Å². The van der Waals surface area contributed by atoms with E-state index in [-0.39, 0.29) is 32.8 Å². The van der Waals surface area contributed by atoms with Gasteiger partial charge < -0.3 is 10.4 Å². The van der Waals surface area contributed by atoms with Crippen molar-refractivity contribution in [2.24, 2.45) is 0 Å². The second-order valence-corrected chi connectivity index (χ2v) is 10.8. The van der Waals surface area contributed by atoms with E-state index in [1.807, 2.05) is 6.92 Å². The standard InChI is InChI=1S/C18H23ClN2O5S2/c1-13-4-6-15(7-5-13)27(23,24)18-9-8-16(28(25,26)21(2)3)10-17(18)20-12-14(22)11-19/h4-10,14,20,22H,11-12H2,1-3H3. The molecule has 2 aromatic rings. The van der Waals surface area contributed by atoms with Gasteiger partial charge in [0.2, 0.25) is 19.9 Å². The number of nitrogens with one attached hydrogen (secondary N) is 1. The van der Waals surface area contributed by atoms with E-state index in [2.05, 4.69) is 5.32 Å². The quantitative estimate of drug-likeness (QED) is 0.602. The van der Waals surface area contributed by atoms with E-state index in [4.69, 9.17) is 11.6 Å². The second kappa shape index (κ2) is 8.79. The molecule has 0 fully saturated rings. The van der Waals surface area contributed by atoms with E-state index >= 15 is 0 Å². The largest absolute Gasteiger partial charge is 0.390 e. The molecule has 0 heterocycles. The third-order valence-electron chi connectivity index (χ3n) is 4.06. The highest BCUT2D eigenvalue weighted by molar-refractivity contribution is 7.91. The van der Waals surface area contributed by atoms with Crippen LogP contribution < -0.4 is 5.32 Å². The SMILES string of the molecule is Cc1ccc(S(=O)(=O)c2ccc(S(=O)(=O)N(C)C)cc2NCC(O)CCl)cc1. The zero-order valence-electron chi connectivity index (χ0n) is 15.8. The smallest absolute Gasteiger partial charge is 0.242 e. The molecule has 1 atom stereocenters. The number of sulfone groups is 1. The Kier molecular flexibility index (Phi) is 7.11. The molecule has 0 amide bonds. The molecule has 0 aliphatic rings. The average Bonchev–Trinajstić information content (AvgIpc) is 2.65. The molecular weight excluding hydrogens is 424 g/mol. The predicted molar refractivity (Wildman–Crippen MR) is 109 cm³/mol. The van der Waals surface area contributed by atoms with E-state index in [0.29, 0.717) is 0 Å². The molecule has 0 spiro atoms.